The van der Waals surface area contributed by atoms with Crippen LogP contribution in [0.2, 0.25) is 0 Å². The fourth-order valence-electron chi connectivity index (χ4n) is 1.97. The second kappa shape index (κ2) is 8.13. The number of benzene rings is 1. The molecule has 0 amide bonds. The van der Waals surface area contributed by atoms with E-state index in [1.165, 1.54) is 37.7 Å². The number of phenolic OH excluding ortho intramolecular Hbond substituents is 1. The highest BCUT2D eigenvalue weighted by Crippen LogP contribution is 2.11. The number of rotatable bonds is 8. The van der Waals surface area contributed by atoms with Crippen LogP contribution in [0.4, 0.5) is 0 Å². The van der Waals surface area contributed by atoms with Crippen LogP contribution in [0.25, 0.3) is 0 Å². The van der Waals surface area contributed by atoms with E-state index in [0.717, 1.165) is 6.54 Å². The van der Waals surface area contributed by atoms with Gasteiger partial charge >= 0.3 is 0 Å². The zero-order valence-corrected chi connectivity index (χ0v) is 11.1. The maximum absolute atomic E-state index is 9.20. The zero-order chi connectivity index (χ0) is 12.5. The van der Waals surface area contributed by atoms with E-state index < -0.39 is 0 Å². The SMILES string of the molecule is CCCCCC(CC)NCc1ccc(O)cc1. The third-order valence-corrected chi connectivity index (χ3v) is 3.18. The molecule has 0 fully saturated rings. The molecule has 0 aromatic heterocycles. The van der Waals surface area contributed by atoms with E-state index in [2.05, 4.69) is 19.2 Å². The predicted octanol–water partition coefficient (Wildman–Crippen LogP) is 3.84. The normalized spacial score (nSPS) is 12.6. The van der Waals surface area contributed by atoms with Crippen molar-refractivity contribution in [3.05, 3.63) is 29.8 Å². The fourth-order valence-corrected chi connectivity index (χ4v) is 1.97. The lowest BCUT2D eigenvalue weighted by Crippen LogP contribution is -2.27. The van der Waals surface area contributed by atoms with Gasteiger partial charge in [-0.2, -0.15) is 0 Å². The van der Waals surface area contributed by atoms with Crippen molar-refractivity contribution in [2.45, 2.75) is 58.5 Å². The highest BCUT2D eigenvalue weighted by atomic mass is 16.3. The van der Waals surface area contributed by atoms with Crippen molar-refractivity contribution in [2.75, 3.05) is 0 Å². The maximum atomic E-state index is 9.20. The van der Waals surface area contributed by atoms with Crippen molar-refractivity contribution in [1.82, 2.24) is 5.32 Å². The Bertz CT molecular complexity index is 294. The second-order valence-corrected chi connectivity index (χ2v) is 4.65. The number of phenols is 1. The largest absolute Gasteiger partial charge is 0.508 e. The van der Waals surface area contributed by atoms with Gasteiger partial charge in [0.1, 0.15) is 5.75 Å². The number of hydrogen-bond donors (Lipinski definition) is 2. The predicted molar refractivity (Wildman–Crippen MR) is 73.2 cm³/mol. The Balaban J connectivity index is 2.29. The van der Waals surface area contributed by atoms with Gasteiger partial charge in [0.15, 0.2) is 0 Å². The minimum absolute atomic E-state index is 0.337. The Kier molecular flexibility index (Phi) is 6.71. The van der Waals surface area contributed by atoms with Crippen LogP contribution in [0, 0.1) is 0 Å². The lowest BCUT2D eigenvalue weighted by Gasteiger charge is -2.16. The molecular weight excluding hydrogens is 210 g/mol. The van der Waals surface area contributed by atoms with Crippen molar-refractivity contribution in [3.63, 3.8) is 0 Å². The van der Waals surface area contributed by atoms with E-state index in [1.54, 1.807) is 12.1 Å². The van der Waals surface area contributed by atoms with Gasteiger partial charge < -0.3 is 10.4 Å². The van der Waals surface area contributed by atoms with E-state index in [1.807, 2.05) is 12.1 Å². The average molecular weight is 235 g/mol. The van der Waals surface area contributed by atoms with Crippen LogP contribution in [0.1, 0.15) is 51.5 Å². The standard InChI is InChI=1S/C15H25NO/c1-3-5-6-7-14(4-2)16-12-13-8-10-15(17)11-9-13/h8-11,14,16-17H,3-7,12H2,1-2H3. The highest BCUT2D eigenvalue weighted by Gasteiger charge is 2.04. The van der Waals surface area contributed by atoms with Gasteiger partial charge in [0.2, 0.25) is 0 Å². The zero-order valence-electron chi connectivity index (χ0n) is 11.1. The fraction of sp³-hybridized carbons (Fsp3) is 0.600. The molecule has 1 aromatic rings. The molecule has 0 saturated heterocycles. The first-order chi connectivity index (χ1) is 8.26. The first kappa shape index (κ1) is 14.0. The van der Waals surface area contributed by atoms with Gasteiger partial charge in [0.25, 0.3) is 0 Å². The minimum atomic E-state index is 0.337. The van der Waals surface area contributed by atoms with Crippen molar-refractivity contribution in [1.29, 1.82) is 0 Å². The Morgan fingerprint density at radius 3 is 2.41 bits per heavy atom. The molecule has 0 spiro atoms. The molecular formula is C15H25NO. The molecule has 2 nitrogen and oxygen atoms in total. The van der Waals surface area contributed by atoms with E-state index in [-0.39, 0.29) is 0 Å². The van der Waals surface area contributed by atoms with Gasteiger partial charge in [-0.15, -0.1) is 0 Å². The molecule has 17 heavy (non-hydrogen) atoms. The van der Waals surface area contributed by atoms with Gasteiger partial charge in [-0.1, -0.05) is 45.2 Å². The van der Waals surface area contributed by atoms with Gasteiger partial charge in [0, 0.05) is 12.6 Å². The van der Waals surface area contributed by atoms with E-state index in [0.29, 0.717) is 11.8 Å². The first-order valence-electron chi connectivity index (χ1n) is 6.77. The van der Waals surface area contributed by atoms with Gasteiger partial charge in [-0.25, -0.2) is 0 Å². The summed E-state index contributed by atoms with van der Waals surface area (Å²) in [4.78, 5) is 0. The molecule has 1 unspecified atom stereocenters. The molecule has 0 aliphatic heterocycles. The lowest BCUT2D eigenvalue weighted by atomic mass is 10.1. The van der Waals surface area contributed by atoms with E-state index >= 15 is 0 Å². The summed E-state index contributed by atoms with van der Waals surface area (Å²) in [5.41, 5.74) is 1.23. The van der Waals surface area contributed by atoms with E-state index in [9.17, 15) is 5.11 Å². The van der Waals surface area contributed by atoms with Crippen LogP contribution < -0.4 is 5.32 Å². The third-order valence-electron chi connectivity index (χ3n) is 3.18. The molecule has 0 aliphatic carbocycles. The van der Waals surface area contributed by atoms with Crippen LogP contribution in [-0.2, 0) is 6.54 Å². The molecule has 2 heteroatoms. The lowest BCUT2D eigenvalue weighted by molar-refractivity contribution is 0.446. The Labute approximate surface area is 105 Å². The molecule has 2 N–H and O–H groups in total. The van der Waals surface area contributed by atoms with Crippen molar-refractivity contribution in [2.24, 2.45) is 0 Å². The van der Waals surface area contributed by atoms with Crippen LogP contribution in [0.3, 0.4) is 0 Å². The molecule has 1 aromatic carbocycles. The van der Waals surface area contributed by atoms with Crippen LogP contribution in [0.15, 0.2) is 24.3 Å². The highest BCUT2D eigenvalue weighted by molar-refractivity contribution is 5.25. The van der Waals surface area contributed by atoms with Crippen molar-refractivity contribution >= 4 is 0 Å². The monoisotopic (exact) mass is 235 g/mol. The summed E-state index contributed by atoms with van der Waals surface area (Å²) >= 11 is 0. The molecule has 1 rings (SSSR count). The number of nitrogens with one attached hydrogen (secondary N) is 1. The minimum Gasteiger partial charge on any atom is -0.508 e. The second-order valence-electron chi connectivity index (χ2n) is 4.65. The molecule has 0 aliphatic rings. The van der Waals surface area contributed by atoms with E-state index in [4.69, 9.17) is 0 Å². The molecule has 0 heterocycles. The van der Waals surface area contributed by atoms with Crippen LogP contribution >= 0.6 is 0 Å². The molecule has 0 bridgehead atoms. The Morgan fingerprint density at radius 2 is 1.82 bits per heavy atom. The summed E-state index contributed by atoms with van der Waals surface area (Å²) < 4.78 is 0. The molecule has 1 atom stereocenters. The first-order valence-corrected chi connectivity index (χ1v) is 6.77. The summed E-state index contributed by atoms with van der Waals surface area (Å²) in [5.74, 6) is 0.337. The van der Waals surface area contributed by atoms with Crippen molar-refractivity contribution in [3.8, 4) is 5.75 Å². The van der Waals surface area contributed by atoms with Crippen molar-refractivity contribution < 1.29 is 5.11 Å². The smallest absolute Gasteiger partial charge is 0.115 e. The Morgan fingerprint density at radius 1 is 1.12 bits per heavy atom. The molecule has 0 saturated carbocycles. The van der Waals surface area contributed by atoms with Gasteiger partial charge in [0.05, 0.1) is 0 Å². The summed E-state index contributed by atoms with van der Waals surface area (Å²) in [6.07, 6.45) is 6.38. The Hall–Kier alpha value is -1.02. The molecule has 96 valence electrons. The quantitative estimate of drug-likeness (QED) is 0.671. The summed E-state index contributed by atoms with van der Waals surface area (Å²) in [7, 11) is 0. The van der Waals surface area contributed by atoms with Crippen LogP contribution in [-0.4, -0.2) is 11.1 Å². The summed E-state index contributed by atoms with van der Waals surface area (Å²) in [6, 6.07) is 8.06. The van der Waals surface area contributed by atoms with Crippen LogP contribution in [0.5, 0.6) is 5.75 Å². The van der Waals surface area contributed by atoms with Gasteiger partial charge in [-0.05, 0) is 30.5 Å². The maximum Gasteiger partial charge on any atom is 0.115 e. The summed E-state index contributed by atoms with van der Waals surface area (Å²) in [6.45, 7) is 5.37. The topological polar surface area (TPSA) is 32.3 Å². The molecule has 0 radical (unpaired) electrons. The summed E-state index contributed by atoms with van der Waals surface area (Å²) in [5, 5.41) is 12.8. The number of unbranched alkanes of at least 4 members (excludes halogenated alkanes) is 2. The van der Waals surface area contributed by atoms with Gasteiger partial charge in [-0.3, -0.25) is 0 Å². The number of hydrogen-bond acceptors (Lipinski definition) is 2. The third kappa shape index (κ3) is 5.73. The number of aromatic hydroxyl groups is 1. The average Bonchev–Trinajstić information content (AvgIpc) is 2.35.